The highest BCUT2D eigenvalue weighted by Gasteiger charge is 2.49. The van der Waals surface area contributed by atoms with Crippen molar-refractivity contribution in [3.63, 3.8) is 0 Å². The summed E-state index contributed by atoms with van der Waals surface area (Å²) in [7, 11) is 0. The predicted octanol–water partition coefficient (Wildman–Crippen LogP) is 1.83. The molecule has 5 nitrogen and oxygen atoms in total. The van der Waals surface area contributed by atoms with Crippen molar-refractivity contribution in [1.82, 2.24) is 10.2 Å². The van der Waals surface area contributed by atoms with Gasteiger partial charge in [0.05, 0.1) is 12.5 Å². The van der Waals surface area contributed by atoms with Gasteiger partial charge in [-0.3, -0.25) is 9.59 Å². The molecule has 0 bridgehead atoms. The number of hydrogen-bond acceptors (Lipinski definition) is 3. The molecular formula is C15H20N2O3. The van der Waals surface area contributed by atoms with Crippen LogP contribution in [-0.2, 0) is 16.1 Å². The second kappa shape index (κ2) is 4.96. The first-order chi connectivity index (χ1) is 9.62. The average Bonchev–Trinajstić information content (AvgIpc) is 2.96. The van der Waals surface area contributed by atoms with Crippen molar-refractivity contribution in [3.8, 4) is 0 Å². The van der Waals surface area contributed by atoms with E-state index in [2.05, 4.69) is 5.32 Å². The fraction of sp³-hybridized carbons (Fsp3) is 0.600. The summed E-state index contributed by atoms with van der Waals surface area (Å²) in [6.45, 7) is 2.22. The van der Waals surface area contributed by atoms with Crippen molar-refractivity contribution in [2.24, 2.45) is 0 Å². The van der Waals surface area contributed by atoms with E-state index in [0.29, 0.717) is 6.54 Å². The molecule has 2 heterocycles. The predicted molar refractivity (Wildman–Crippen MR) is 72.7 cm³/mol. The fourth-order valence-corrected chi connectivity index (χ4v) is 3.27. The minimum atomic E-state index is -0.661. The van der Waals surface area contributed by atoms with Crippen LogP contribution in [0.4, 0.5) is 0 Å². The Bertz CT molecular complexity index is 503. The third-order valence-corrected chi connectivity index (χ3v) is 4.52. The summed E-state index contributed by atoms with van der Waals surface area (Å²) < 4.78 is 5.05. The van der Waals surface area contributed by atoms with Gasteiger partial charge in [-0.1, -0.05) is 19.3 Å². The Hall–Kier alpha value is -1.78. The molecule has 20 heavy (non-hydrogen) atoms. The van der Waals surface area contributed by atoms with Gasteiger partial charge in [-0.2, -0.15) is 0 Å². The van der Waals surface area contributed by atoms with Crippen molar-refractivity contribution in [3.05, 3.63) is 24.2 Å². The molecule has 1 aliphatic carbocycles. The maximum Gasteiger partial charge on any atom is 0.249 e. The highest BCUT2D eigenvalue weighted by Crippen LogP contribution is 2.33. The Labute approximate surface area is 118 Å². The summed E-state index contributed by atoms with van der Waals surface area (Å²) in [5, 5.41) is 2.99. The van der Waals surface area contributed by atoms with Crippen molar-refractivity contribution < 1.29 is 14.0 Å². The number of carbonyl (C=O) groups is 2. The van der Waals surface area contributed by atoms with Crippen molar-refractivity contribution in [1.29, 1.82) is 0 Å². The molecule has 0 aromatic carbocycles. The molecule has 2 amide bonds. The molecular weight excluding hydrogens is 256 g/mol. The Morgan fingerprint density at radius 1 is 1.35 bits per heavy atom. The third kappa shape index (κ3) is 2.11. The van der Waals surface area contributed by atoms with Crippen molar-refractivity contribution in [2.45, 2.75) is 57.2 Å². The summed E-state index contributed by atoms with van der Waals surface area (Å²) in [5.41, 5.74) is 0.261. The highest BCUT2D eigenvalue weighted by atomic mass is 16.3. The molecule has 1 aromatic rings. The Morgan fingerprint density at radius 2 is 2.10 bits per heavy atom. The van der Waals surface area contributed by atoms with E-state index in [4.69, 9.17) is 4.42 Å². The number of amides is 2. The number of furan rings is 1. The first-order valence-electron chi connectivity index (χ1n) is 7.27. The van der Waals surface area contributed by atoms with E-state index in [1.165, 1.54) is 0 Å². The lowest BCUT2D eigenvalue weighted by Crippen LogP contribution is -2.69. The van der Waals surface area contributed by atoms with Crippen LogP contribution in [0.3, 0.4) is 0 Å². The standard InChI is InChI=1S/C15H20N2O3/c1-11-13(18)16-15(6-3-2-4-7-15)14(19)17(11)9-12-5-8-20-10-12/h5,8,10-11H,2-4,6-7,9H2,1H3,(H,16,18). The molecule has 1 aromatic heterocycles. The third-order valence-electron chi connectivity index (χ3n) is 4.52. The first-order valence-corrected chi connectivity index (χ1v) is 7.27. The molecule has 1 atom stereocenters. The van der Waals surface area contributed by atoms with Crippen molar-refractivity contribution in [2.75, 3.05) is 0 Å². The Balaban J connectivity index is 1.86. The Kier molecular flexibility index (Phi) is 3.28. The molecule has 0 radical (unpaired) electrons. The highest BCUT2D eigenvalue weighted by molar-refractivity contribution is 5.99. The summed E-state index contributed by atoms with van der Waals surface area (Å²) >= 11 is 0. The SMILES string of the molecule is CC1C(=O)NC2(CCCCC2)C(=O)N1Cc1ccoc1. The topological polar surface area (TPSA) is 62.6 Å². The van der Waals surface area contributed by atoms with Crippen LogP contribution in [0.2, 0.25) is 0 Å². The van der Waals surface area contributed by atoms with Gasteiger partial charge < -0.3 is 14.6 Å². The van der Waals surface area contributed by atoms with Crippen LogP contribution in [0.15, 0.2) is 23.0 Å². The van der Waals surface area contributed by atoms with Crippen LogP contribution in [0.1, 0.15) is 44.6 Å². The molecule has 1 unspecified atom stereocenters. The number of carbonyl (C=O) groups excluding carboxylic acids is 2. The van der Waals surface area contributed by atoms with Gasteiger partial charge in [0.2, 0.25) is 11.8 Å². The van der Waals surface area contributed by atoms with E-state index in [0.717, 1.165) is 37.7 Å². The maximum absolute atomic E-state index is 12.9. The van der Waals surface area contributed by atoms with Gasteiger partial charge in [-0.15, -0.1) is 0 Å². The van der Waals surface area contributed by atoms with Gasteiger partial charge in [0.15, 0.2) is 0 Å². The number of piperazine rings is 1. The average molecular weight is 276 g/mol. The largest absolute Gasteiger partial charge is 0.472 e. The van der Waals surface area contributed by atoms with Crippen LogP contribution >= 0.6 is 0 Å². The monoisotopic (exact) mass is 276 g/mol. The summed E-state index contributed by atoms with van der Waals surface area (Å²) in [4.78, 5) is 26.8. The second-order valence-corrected chi connectivity index (χ2v) is 5.87. The van der Waals surface area contributed by atoms with Gasteiger partial charge in [0, 0.05) is 12.1 Å². The smallest absolute Gasteiger partial charge is 0.249 e. The van der Waals surface area contributed by atoms with Crippen LogP contribution < -0.4 is 5.32 Å². The quantitative estimate of drug-likeness (QED) is 0.896. The zero-order valence-corrected chi connectivity index (χ0v) is 11.7. The molecule has 108 valence electrons. The van der Waals surface area contributed by atoms with Crippen LogP contribution in [-0.4, -0.2) is 28.3 Å². The molecule has 1 spiro atoms. The second-order valence-electron chi connectivity index (χ2n) is 5.87. The number of nitrogens with one attached hydrogen (secondary N) is 1. The van der Waals surface area contributed by atoms with Gasteiger partial charge in [0.25, 0.3) is 0 Å². The normalized spacial score (nSPS) is 25.9. The van der Waals surface area contributed by atoms with E-state index in [-0.39, 0.29) is 11.8 Å². The van der Waals surface area contributed by atoms with Gasteiger partial charge in [0.1, 0.15) is 11.6 Å². The summed E-state index contributed by atoms with van der Waals surface area (Å²) in [5.74, 6) is 0.0143. The molecule has 5 heteroatoms. The zero-order valence-electron chi connectivity index (χ0n) is 11.7. The molecule has 1 aliphatic heterocycles. The maximum atomic E-state index is 12.9. The summed E-state index contributed by atoms with van der Waals surface area (Å²) in [6, 6.07) is 1.41. The van der Waals surface area contributed by atoms with Crippen LogP contribution in [0.25, 0.3) is 0 Å². The lowest BCUT2D eigenvalue weighted by atomic mass is 9.78. The molecule has 1 saturated heterocycles. The molecule has 1 saturated carbocycles. The molecule has 2 aliphatic rings. The first kappa shape index (κ1) is 13.2. The fourth-order valence-electron chi connectivity index (χ4n) is 3.27. The molecule has 2 fully saturated rings. The molecule has 3 rings (SSSR count). The lowest BCUT2D eigenvalue weighted by Gasteiger charge is -2.46. The summed E-state index contributed by atoms with van der Waals surface area (Å²) in [6.07, 6.45) is 7.87. The van der Waals surface area contributed by atoms with Crippen LogP contribution in [0, 0.1) is 0 Å². The minimum Gasteiger partial charge on any atom is -0.472 e. The number of nitrogens with zero attached hydrogens (tertiary/aromatic N) is 1. The van der Waals surface area contributed by atoms with Crippen LogP contribution in [0.5, 0.6) is 0 Å². The minimum absolute atomic E-state index is 0.0463. The van der Waals surface area contributed by atoms with E-state index in [1.54, 1.807) is 24.3 Å². The lowest BCUT2D eigenvalue weighted by molar-refractivity contribution is -0.156. The van der Waals surface area contributed by atoms with E-state index >= 15 is 0 Å². The number of rotatable bonds is 2. The van der Waals surface area contributed by atoms with Crippen molar-refractivity contribution >= 4 is 11.8 Å². The van der Waals surface area contributed by atoms with Gasteiger partial charge in [-0.05, 0) is 25.8 Å². The molecule has 1 N–H and O–H groups in total. The van der Waals surface area contributed by atoms with E-state index in [9.17, 15) is 9.59 Å². The Morgan fingerprint density at radius 3 is 2.75 bits per heavy atom. The van der Waals surface area contributed by atoms with Gasteiger partial charge >= 0.3 is 0 Å². The van der Waals surface area contributed by atoms with E-state index in [1.807, 2.05) is 6.07 Å². The zero-order chi connectivity index (χ0) is 14.2. The number of hydrogen-bond donors (Lipinski definition) is 1. The van der Waals surface area contributed by atoms with Gasteiger partial charge in [-0.25, -0.2) is 0 Å². The van der Waals surface area contributed by atoms with E-state index < -0.39 is 11.6 Å².